The summed E-state index contributed by atoms with van der Waals surface area (Å²) in [5.41, 5.74) is 31.8. The van der Waals surface area contributed by atoms with Crippen molar-refractivity contribution in [2.24, 2.45) is 32.9 Å². The SMILES string of the molecule is COc1cc(C)c(S(=O)(=O)NC(N)=NCCC[C@@H](NC(=O)[C@H](N)Cc2c[nH]c3ccccc23)C(=O)NCCCCCNCCNC(=O)[C@@H](CCCN=C(N)NS(=O)(=O)c2c(C)cc(OC)c(C)c2C)NC(=O)[C@H](N)Cc2c[nH]c3ccccc23)c(C)c1C. The van der Waals surface area contributed by atoms with E-state index < -0.39 is 67.8 Å². The predicted octanol–water partition coefficient (Wildman–Crippen LogP) is 3.07. The van der Waals surface area contributed by atoms with Gasteiger partial charge >= 0.3 is 0 Å². The van der Waals surface area contributed by atoms with Crippen molar-refractivity contribution < 1.29 is 45.5 Å². The number of ether oxygens (including phenoxy) is 2. The third-order valence-electron chi connectivity index (χ3n) is 15.4. The highest BCUT2D eigenvalue weighted by molar-refractivity contribution is 7.90. The first-order valence-electron chi connectivity index (χ1n) is 29.3. The number of rotatable bonds is 33. The van der Waals surface area contributed by atoms with E-state index in [1.165, 1.54) is 14.2 Å². The zero-order valence-corrected chi connectivity index (χ0v) is 53.1. The summed E-state index contributed by atoms with van der Waals surface area (Å²) in [5, 5.41) is 16.6. The average molecular weight is 1250 g/mol. The molecule has 0 aliphatic carbocycles. The van der Waals surface area contributed by atoms with Crippen LogP contribution in [0.2, 0.25) is 0 Å². The minimum absolute atomic E-state index is 0.0349. The first-order chi connectivity index (χ1) is 41.9. The number of benzene rings is 4. The molecule has 0 unspecified atom stereocenters. The number of amides is 4. The van der Waals surface area contributed by atoms with Gasteiger partial charge in [0.2, 0.25) is 35.5 Å². The summed E-state index contributed by atoms with van der Waals surface area (Å²) < 4.78 is 69.3. The Morgan fingerprint density at radius 2 is 0.943 bits per heavy atom. The molecule has 0 saturated heterocycles. The number of hydrogen-bond acceptors (Lipinski definition) is 15. The molecule has 4 amide bonds. The number of nitrogens with two attached hydrogens (primary N) is 4. The van der Waals surface area contributed by atoms with E-state index in [0.717, 1.165) is 45.8 Å². The number of aliphatic imine (C=N–C) groups is 2. The number of guanidine groups is 2. The molecule has 2 heterocycles. The number of sulfonamides is 2. The van der Waals surface area contributed by atoms with Crippen molar-refractivity contribution in [3.8, 4) is 11.5 Å². The molecule has 17 N–H and O–H groups in total. The van der Waals surface area contributed by atoms with Crippen LogP contribution >= 0.6 is 0 Å². The third kappa shape index (κ3) is 18.6. The molecule has 27 heteroatoms. The van der Waals surface area contributed by atoms with Crippen LogP contribution in [0.15, 0.2) is 92.8 Å². The lowest BCUT2D eigenvalue weighted by molar-refractivity contribution is -0.129. The second-order valence-corrected chi connectivity index (χ2v) is 25.1. The van der Waals surface area contributed by atoms with Gasteiger partial charge in [0.25, 0.3) is 20.0 Å². The van der Waals surface area contributed by atoms with Crippen molar-refractivity contribution in [3.05, 3.63) is 118 Å². The molecule has 0 radical (unpaired) electrons. The molecule has 0 aliphatic heterocycles. The fourth-order valence-electron chi connectivity index (χ4n) is 10.5. The van der Waals surface area contributed by atoms with Gasteiger partial charge in [0.1, 0.15) is 23.6 Å². The van der Waals surface area contributed by atoms with Crippen molar-refractivity contribution in [2.45, 2.75) is 133 Å². The normalized spacial score (nSPS) is 13.6. The number of carbonyl (C=O) groups is 4. The molecule has 6 rings (SSSR count). The Morgan fingerprint density at radius 1 is 0.534 bits per heavy atom. The summed E-state index contributed by atoms with van der Waals surface area (Å²) in [6, 6.07) is 14.7. The van der Waals surface area contributed by atoms with Crippen LogP contribution < -0.4 is 68.4 Å². The molecule has 4 aromatic carbocycles. The molecule has 0 spiro atoms. The van der Waals surface area contributed by atoms with Crippen molar-refractivity contribution in [2.75, 3.05) is 53.5 Å². The van der Waals surface area contributed by atoms with Crippen LogP contribution in [0, 0.1) is 41.5 Å². The van der Waals surface area contributed by atoms with Gasteiger partial charge in [-0.05, 0) is 168 Å². The Morgan fingerprint density at radius 3 is 1.38 bits per heavy atom. The first kappa shape index (κ1) is 68.9. The second kappa shape index (κ2) is 32.1. The number of methoxy groups -OCH3 is 2. The smallest absolute Gasteiger partial charge is 0.264 e. The van der Waals surface area contributed by atoms with Crippen molar-refractivity contribution in [3.63, 3.8) is 0 Å². The second-order valence-electron chi connectivity index (χ2n) is 21.8. The van der Waals surface area contributed by atoms with E-state index in [1.807, 2.05) is 54.7 Å². The first-order valence-corrected chi connectivity index (χ1v) is 32.3. The van der Waals surface area contributed by atoms with Crippen LogP contribution in [-0.2, 0) is 52.1 Å². The summed E-state index contributed by atoms with van der Waals surface area (Å²) >= 11 is 0. The minimum Gasteiger partial charge on any atom is -0.496 e. The molecule has 25 nitrogen and oxygen atoms in total. The number of aromatic amines is 2. The molecule has 2 aromatic heterocycles. The van der Waals surface area contributed by atoms with Gasteiger partial charge in [0, 0.05) is 66.9 Å². The Hall–Kier alpha value is -8.24. The summed E-state index contributed by atoms with van der Waals surface area (Å²) in [7, 11) is -5.20. The molecule has 0 aliphatic rings. The number of unbranched alkanes of at least 4 members (excludes halogenated alkanes) is 2. The monoisotopic (exact) mass is 1250 g/mol. The van der Waals surface area contributed by atoms with Crippen LogP contribution in [-0.4, -0.2) is 140 Å². The van der Waals surface area contributed by atoms with Crippen molar-refractivity contribution in [1.29, 1.82) is 0 Å². The molecule has 478 valence electrons. The zero-order valence-electron chi connectivity index (χ0n) is 51.4. The maximum atomic E-state index is 13.7. The van der Waals surface area contributed by atoms with Crippen molar-refractivity contribution in [1.82, 2.24) is 46.0 Å². The maximum Gasteiger partial charge on any atom is 0.264 e. The number of para-hydroxylation sites is 2. The van der Waals surface area contributed by atoms with Gasteiger partial charge in [0.05, 0.1) is 36.1 Å². The van der Waals surface area contributed by atoms with E-state index in [4.69, 9.17) is 32.4 Å². The van der Waals surface area contributed by atoms with Crippen LogP contribution in [0.1, 0.15) is 89.5 Å². The number of nitrogens with one attached hydrogen (secondary N) is 9. The molecule has 88 heavy (non-hydrogen) atoms. The molecule has 0 saturated carbocycles. The minimum atomic E-state index is -4.11. The van der Waals surface area contributed by atoms with Gasteiger partial charge < -0.3 is 69.0 Å². The van der Waals surface area contributed by atoms with Crippen LogP contribution in [0.5, 0.6) is 11.5 Å². The quantitative estimate of drug-likeness (QED) is 0.0160. The highest BCUT2D eigenvalue weighted by Crippen LogP contribution is 2.32. The Labute approximate surface area is 515 Å². The highest BCUT2D eigenvalue weighted by Gasteiger charge is 2.28. The summed E-state index contributed by atoms with van der Waals surface area (Å²) in [4.78, 5) is 69.4. The van der Waals surface area contributed by atoms with E-state index in [9.17, 15) is 36.0 Å². The van der Waals surface area contributed by atoms with Gasteiger partial charge in [-0.2, -0.15) is 0 Å². The number of hydrogen-bond donors (Lipinski definition) is 13. The van der Waals surface area contributed by atoms with Crippen LogP contribution in [0.3, 0.4) is 0 Å². The standard InChI is InChI=1S/C61H87N15O10S2/c1-36-30-52(85-7)38(3)40(5)54(36)87(81,82)75-60(64)69-26-16-22-50(73-56(77)46(62)32-42-34-71-48-20-12-10-18-44(42)48)58(79)67-25-15-9-14-24-66-28-29-68-59(80)51(74-57(78)47(63)33-43-35-72-49-21-13-11-19-45(43)49)23-17-27-70-61(65)76-88(83,84)55-37(2)31-53(86-8)39(4)41(55)6/h10-13,18-21,30-31,34-35,46-47,50-51,66,71-72H,9,14-17,22-29,32-33,62-63H2,1-8H3,(H,67,79)(H,68,80)(H,73,77)(H,74,78)(H3,64,69,75)(H3,65,70,76)/t46-,47-,50-,51-/m1/s1. The van der Waals surface area contributed by atoms with Crippen LogP contribution in [0.25, 0.3) is 21.8 Å². The molecular formula is C61H87N15O10S2. The fraction of sp³-hybridized carbons (Fsp3) is 0.443. The topological polar surface area (TPSA) is 400 Å². The highest BCUT2D eigenvalue weighted by atomic mass is 32.2. The number of H-pyrrole nitrogens is 2. The predicted molar refractivity (Wildman–Crippen MR) is 343 cm³/mol. The van der Waals surface area contributed by atoms with Gasteiger partial charge in [-0.15, -0.1) is 0 Å². The number of carbonyl (C=O) groups excluding carboxylic acids is 4. The summed E-state index contributed by atoms with van der Waals surface area (Å²) in [6.45, 7) is 11.8. The maximum absolute atomic E-state index is 13.7. The molecule has 4 atom stereocenters. The lowest BCUT2D eigenvalue weighted by Crippen LogP contribution is -2.52. The summed E-state index contributed by atoms with van der Waals surface area (Å²) in [6.07, 6.45) is 6.91. The van der Waals surface area contributed by atoms with E-state index in [0.29, 0.717) is 70.9 Å². The Kier molecular flexibility index (Phi) is 25.1. The van der Waals surface area contributed by atoms with Crippen molar-refractivity contribution >= 4 is 77.4 Å². The number of aromatic nitrogens is 2. The summed E-state index contributed by atoms with van der Waals surface area (Å²) in [5.74, 6) is -1.46. The van der Waals surface area contributed by atoms with Gasteiger partial charge in [-0.25, -0.2) is 26.3 Å². The largest absolute Gasteiger partial charge is 0.496 e. The third-order valence-corrected chi connectivity index (χ3v) is 18.7. The Bertz CT molecular complexity index is 3480. The molecule has 6 aromatic rings. The molecule has 0 bridgehead atoms. The van der Waals surface area contributed by atoms with Crippen LogP contribution in [0.4, 0.5) is 0 Å². The van der Waals surface area contributed by atoms with E-state index in [-0.39, 0.29) is 79.9 Å². The molecular weight excluding hydrogens is 1170 g/mol. The lowest BCUT2D eigenvalue weighted by Gasteiger charge is -2.21. The zero-order chi connectivity index (χ0) is 64.3. The van der Waals surface area contributed by atoms with Gasteiger partial charge in [-0.1, -0.05) is 42.8 Å². The van der Waals surface area contributed by atoms with E-state index >= 15 is 0 Å². The van der Waals surface area contributed by atoms with E-state index in [2.05, 4.69) is 56.0 Å². The number of nitrogens with zero attached hydrogens (tertiary/aromatic N) is 2. The number of fused-ring (bicyclic) bond motifs is 2. The molecule has 0 fully saturated rings. The lowest BCUT2D eigenvalue weighted by atomic mass is 10.0. The number of aryl methyl sites for hydroxylation is 2. The Balaban J connectivity index is 0.974. The van der Waals surface area contributed by atoms with E-state index in [1.54, 1.807) is 59.9 Å². The average Bonchev–Trinajstić information content (AvgIpc) is 1.97. The van der Waals surface area contributed by atoms with Gasteiger partial charge in [-0.3, -0.25) is 29.2 Å². The fourth-order valence-corrected chi connectivity index (χ4v) is 13.5. The van der Waals surface area contributed by atoms with Gasteiger partial charge in [0.15, 0.2) is 0 Å².